The minimum absolute atomic E-state index is 0.0903. The Hall–Kier alpha value is -2.02. The number of rotatable bonds is 4. The SMILES string of the molecule is COc1ccc2ncc(S(=O)(=O)c3ccc(Cl)c(Cl)c3)c(N3CCC(C)CC3)c2c1. The van der Waals surface area contributed by atoms with Gasteiger partial charge in [0, 0.05) is 24.7 Å². The van der Waals surface area contributed by atoms with Crippen LogP contribution in [0.25, 0.3) is 10.9 Å². The Labute approximate surface area is 186 Å². The molecule has 1 fully saturated rings. The van der Waals surface area contributed by atoms with E-state index in [0.29, 0.717) is 22.4 Å². The summed E-state index contributed by atoms with van der Waals surface area (Å²) in [6, 6.07) is 9.88. The molecule has 0 bridgehead atoms. The Morgan fingerprint density at radius 1 is 1.07 bits per heavy atom. The molecule has 0 atom stereocenters. The van der Waals surface area contributed by atoms with Gasteiger partial charge in [-0.2, -0.15) is 0 Å². The molecule has 1 aliphatic heterocycles. The lowest BCUT2D eigenvalue weighted by atomic mass is 9.98. The molecule has 30 heavy (non-hydrogen) atoms. The predicted octanol–water partition coefficient (Wildman–Crippen LogP) is 5.62. The molecule has 0 unspecified atom stereocenters. The molecule has 0 radical (unpaired) electrons. The molecule has 0 N–H and O–H groups in total. The van der Waals surface area contributed by atoms with Crippen LogP contribution >= 0.6 is 23.2 Å². The molecule has 0 aliphatic carbocycles. The van der Waals surface area contributed by atoms with Crippen molar-refractivity contribution < 1.29 is 13.2 Å². The molecule has 0 amide bonds. The number of hydrogen-bond donors (Lipinski definition) is 0. The fourth-order valence-electron chi connectivity index (χ4n) is 3.79. The van der Waals surface area contributed by atoms with Crippen LogP contribution in [0.3, 0.4) is 0 Å². The first-order chi connectivity index (χ1) is 14.3. The quantitative estimate of drug-likeness (QED) is 0.501. The lowest BCUT2D eigenvalue weighted by molar-refractivity contribution is 0.415. The van der Waals surface area contributed by atoms with Gasteiger partial charge in [0.1, 0.15) is 10.6 Å². The molecule has 0 saturated carbocycles. The normalized spacial score (nSPS) is 15.5. The van der Waals surface area contributed by atoms with Gasteiger partial charge in [0.2, 0.25) is 9.84 Å². The number of methoxy groups -OCH3 is 1. The van der Waals surface area contributed by atoms with Gasteiger partial charge in [-0.15, -0.1) is 0 Å². The third-order valence-corrected chi connectivity index (χ3v) is 8.10. The number of fused-ring (bicyclic) bond motifs is 1. The second kappa shape index (κ2) is 8.25. The van der Waals surface area contributed by atoms with Crippen LogP contribution in [0.4, 0.5) is 5.69 Å². The van der Waals surface area contributed by atoms with Gasteiger partial charge in [0.15, 0.2) is 0 Å². The van der Waals surface area contributed by atoms with Crippen molar-refractivity contribution >= 4 is 49.6 Å². The Balaban J connectivity index is 1.96. The molecule has 3 aromatic rings. The number of piperidine rings is 1. The smallest absolute Gasteiger partial charge is 0.210 e. The topological polar surface area (TPSA) is 59.5 Å². The maximum atomic E-state index is 13.6. The minimum Gasteiger partial charge on any atom is -0.497 e. The van der Waals surface area contributed by atoms with Crippen LogP contribution in [0.1, 0.15) is 19.8 Å². The highest BCUT2D eigenvalue weighted by Crippen LogP contribution is 2.39. The zero-order valence-corrected chi connectivity index (χ0v) is 19.1. The number of ether oxygens (including phenoxy) is 1. The van der Waals surface area contributed by atoms with Crippen molar-refractivity contribution in [2.75, 3.05) is 25.1 Å². The van der Waals surface area contributed by atoms with E-state index in [2.05, 4.69) is 16.8 Å². The molecule has 4 rings (SSSR count). The first-order valence-electron chi connectivity index (χ1n) is 9.73. The van der Waals surface area contributed by atoms with Gasteiger partial charge in [-0.3, -0.25) is 4.98 Å². The molecule has 158 valence electrons. The van der Waals surface area contributed by atoms with Crippen molar-refractivity contribution in [3.63, 3.8) is 0 Å². The van der Waals surface area contributed by atoms with E-state index in [1.54, 1.807) is 7.11 Å². The van der Waals surface area contributed by atoms with Crippen LogP contribution in [-0.4, -0.2) is 33.6 Å². The van der Waals surface area contributed by atoms with Crippen molar-refractivity contribution in [3.8, 4) is 5.75 Å². The molecule has 1 aliphatic rings. The number of hydrogen-bond acceptors (Lipinski definition) is 5. The second-order valence-corrected chi connectivity index (χ2v) is 10.3. The minimum atomic E-state index is -3.87. The molecule has 2 heterocycles. The highest BCUT2D eigenvalue weighted by molar-refractivity contribution is 7.91. The number of nitrogens with zero attached hydrogens (tertiary/aromatic N) is 2. The van der Waals surface area contributed by atoms with Crippen LogP contribution in [0.5, 0.6) is 5.75 Å². The molecule has 2 aromatic carbocycles. The van der Waals surface area contributed by atoms with E-state index < -0.39 is 9.84 Å². The molecular weight excluding hydrogens is 443 g/mol. The van der Waals surface area contributed by atoms with E-state index in [0.717, 1.165) is 36.8 Å². The Kier molecular flexibility index (Phi) is 5.84. The van der Waals surface area contributed by atoms with Crippen molar-refractivity contribution in [1.82, 2.24) is 4.98 Å². The van der Waals surface area contributed by atoms with E-state index in [-0.39, 0.29) is 14.8 Å². The van der Waals surface area contributed by atoms with Gasteiger partial charge in [-0.1, -0.05) is 30.1 Å². The lowest BCUT2D eigenvalue weighted by Crippen LogP contribution is -2.34. The summed E-state index contributed by atoms with van der Waals surface area (Å²) >= 11 is 12.1. The third kappa shape index (κ3) is 3.84. The van der Waals surface area contributed by atoms with Crippen LogP contribution in [0, 0.1) is 5.92 Å². The summed E-state index contributed by atoms with van der Waals surface area (Å²) in [7, 11) is -2.28. The van der Waals surface area contributed by atoms with Gasteiger partial charge >= 0.3 is 0 Å². The monoisotopic (exact) mass is 464 g/mol. The number of halogens is 2. The van der Waals surface area contributed by atoms with Crippen LogP contribution < -0.4 is 9.64 Å². The van der Waals surface area contributed by atoms with Gasteiger partial charge in [-0.05, 0) is 55.2 Å². The van der Waals surface area contributed by atoms with Crippen molar-refractivity contribution in [3.05, 3.63) is 52.6 Å². The van der Waals surface area contributed by atoms with E-state index in [9.17, 15) is 8.42 Å². The Morgan fingerprint density at radius 2 is 1.80 bits per heavy atom. The standard InChI is InChI=1S/C22H22Cl2N2O3S/c1-14-7-9-26(10-8-14)22-17-11-15(29-2)3-6-20(17)25-13-21(22)30(27,28)16-4-5-18(23)19(24)12-16/h3-6,11-14H,7-10H2,1-2H3. The highest BCUT2D eigenvalue weighted by Gasteiger charge is 2.29. The first-order valence-corrected chi connectivity index (χ1v) is 12.0. The van der Waals surface area contributed by atoms with Gasteiger partial charge in [-0.25, -0.2) is 8.42 Å². The largest absolute Gasteiger partial charge is 0.497 e. The second-order valence-electron chi connectivity index (χ2n) is 7.60. The summed E-state index contributed by atoms with van der Waals surface area (Å²) in [6.45, 7) is 3.78. The van der Waals surface area contributed by atoms with Crippen LogP contribution in [0.15, 0.2) is 52.4 Å². The average molecular weight is 465 g/mol. The predicted molar refractivity (Wildman–Crippen MR) is 121 cm³/mol. The zero-order chi connectivity index (χ0) is 21.5. The van der Waals surface area contributed by atoms with Gasteiger partial charge in [0.05, 0.1) is 33.3 Å². The fourth-order valence-corrected chi connectivity index (χ4v) is 5.61. The number of pyridine rings is 1. The summed E-state index contributed by atoms with van der Waals surface area (Å²) in [5.74, 6) is 1.26. The highest BCUT2D eigenvalue weighted by atomic mass is 35.5. The molecule has 1 aromatic heterocycles. The maximum absolute atomic E-state index is 13.6. The van der Waals surface area contributed by atoms with E-state index in [4.69, 9.17) is 27.9 Å². The molecule has 1 saturated heterocycles. The van der Waals surface area contributed by atoms with Crippen molar-refractivity contribution in [1.29, 1.82) is 0 Å². The zero-order valence-electron chi connectivity index (χ0n) is 16.7. The molecule has 0 spiro atoms. The molecule has 8 heteroatoms. The summed E-state index contributed by atoms with van der Waals surface area (Å²) in [5.41, 5.74) is 1.38. The average Bonchev–Trinajstić information content (AvgIpc) is 2.75. The van der Waals surface area contributed by atoms with Crippen molar-refractivity contribution in [2.45, 2.75) is 29.6 Å². The lowest BCUT2D eigenvalue weighted by Gasteiger charge is -2.34. The number of sulfone groups is 1. The third-order valence-electron chi connectivity index (χ3n) is 5.60. The van der Waals surface area contributed by atoms with E-state index >= 15 is 0 Å². The molecular formula is C22H22Cl2N2O3S. The van der Waals surface area contributed by atoms with Gasteiger partial charge in [0.25, 0.3) is 0 Å². The van der Waals surface area contributed by atoms with Crippen LogP contribution in [-0.2, 0) is 9.84 Å². The van der Waals surface area contributed by atoms with E-state index in [1.165, 1.54) is 24.4 Å². The number of anilines is 1. The Morgan fingerprint density at radius 3 is 2.47 bits per heavy atom. The first kappa shape index (κ1) is 21.2. The van der Waals surface area contributed by atoms with Crippen LogP contribution in [0.2, 0.25) is 10.0 Å². The maximum Gasteiger partial charge on any atom is 0.210 e. The van der Waals surface area contributed by atoms with E-state index in [1.807, 2.05) is 18.2 Å². The summed E-state index contributed by atoms with van der Waals surface area (Å²) in [4.78, 5) is 6.84. The number of aromatic nitrogens is 1. The summed E-state index contributed by atoms with van der Waals surface area (Å²) in [5, 5.41) is 1.26. The molecule has 5 nitrogen and oxygen atoms in total. The number of benzene rings is 2. The fraction of sp³-hybridized carbons (Fsp3) is 0.318. The van der Waals surface area contributed by atoms with Crippen molar-refractivity contribution in [2.24, 2.45) is 5.92 Å². The summed E-state index contributed by atoms with van der Waals surface area (Å²) < 4.78 is 32.6. The Bertz CT molecular complexity index is 1210. The van der Waals surface area contributed by atoms with Gasteiger partial charge < -0.3 is 9.64 Å². The summed E-state index contributed by atoms with van der Waals surface area (Å²) in [6.07, 6.45) is 3.44.